The molecule has 3 heteroatoms. The maximum absolute atomic E-state index is 4.38. The molecule has 2 nitrogen and oxygen atoms in total. The lowest BCUT2D eigenvalue weighted by Gasteiger charge is -2.26. The molecule has 0 fully saturated rings. The van der Waals surface area contributed by atoms with Crippen LogP contribution >= 0.6 is 11.3 Å². The standard InChI is InChI=1S/C15H20N2S/c1-12(13-7-4-5-9-16-13)17-11-15(2,3)14-8-6-10-18-14/h4-10,12,17H,11H2,1-3H3. The third kappa shape index (κ3) is 3.18. The Morgan fingerprint density at radius 1 is 1.28 bits per heavy atom. The maximum Gasteiger partial charge on any atom is 0.0570 e. The normalized spacial score (nSPS) is 13.5. The molecule has 0 aliphatic carbocycles. The van der Waals surface area contributed by atoms with Crippen LogP contribution in [0.5, 0.6) is 0 Å². The minimum atomic E-state index is 0.164. The van der Waals surface area contributed by atoms with Gasteiger partial charge in [-0.15, -0.1) is 11.3 Å². The summed E-state index contributed by atoms with van der Waals surface area (Å²) >= 11 is 1.82. The van der Waals surface area contributed by atoms with Crippen LogP contribution in [0.1, 0.15) is 37.4 Å². The number of nitrogens with zero attached hydrogens (tertiary/aromatic N) is 1. The molecule has 0 amide bonds. The smallest absolute Gasteiger partial charge is 0.0570 e. The molecular formula is C15H20N2S. The van der Waals surface area contributed by atoms with Crippen LogP contribution < -0.4 is 5.32 Å². The van der Waals surface area contributed by atoms with Gasteiger partial charge in [-0.05, 0) is 30.5 Å². The molecule has 2 rings (SSSR count). The molecule has 0 aromatic carbocycles. The summed E-state index contributed by atoms with van der Waals surface area (Å²) in [5, 5.41) is 5.71. The molecule has 2 aromatic heterocycles. The highest BCUT2D eigenvalue weighted by molar-refractivity contribution is 7.10. The molecule has 0 spiro atoms. The van der Waals surface area contributed by atoms with E-state index in [1.165, 1.54) is 4.88 Å². The quantitative estimate of drug-likeness (QED) is 0.885. The van der Waals surface area contributed by atoms with Gasteiger partial charge >= 0.3 is 0 Å². The lowest BCUT2D eigenvalue weighted by Crippen LogP contribution is -2.34. The second kappa shape index (κ2) is 5.63. The molecule has 0 saturated heterocycles. The van der Waals surface area contributed by atoms with Crippen molar-refractivity contribution >= 4 is 11.3 Å². The minimum Gasteiger partial charge on any atom is -0.308 e. The van der Waals surface area contributed by atoms with Crippen molar-refractivity contribution in [2.45, 2.75) is 32.2 Å². The summed E-state index contributed by atoms with van der Waals surface area (Å²) in [7, 11) is 0. The van der Waals surface area contributed by atoms with Crippen molar-refractivity contribution in [2.24, 2.45) is 0 Å². The Balaban J connectivity index is 1.96. The average Bonchev–Trinajstić information content (AvgIpc) is 2.92. The summed E-state index contributed by atoms with van der Waals surface area (Å²) < 4.78 is 0. The monoisotopic (exact) mass is 260 g/mol. The third-order valence-corrected chi connectivity index (χ3v) is 4.41. The molecule has 2 heterocycles. The van der Waals surface area contributed by atoms with Gasteiger partial charge in [-0.1, -0.05) is 26.0 Å². The van der Waals surface area contributed by atoms with Gasteiger partial charge in [0.2, 0.25) is 0 Å². The van der Waals surface area contributed by atoms with Gasteiger partial charge in [-0.25, -0.2) is 0 Å². The van der Waals surface area contributed by atoms with Crippen LogP contribution in [0.25, 0.3) is 0 Å². The van der Waals surface area contributed by atoms with Crippen LogP contribution in [0.4, 0.5) is 0 Å². The summed E-state index contributed by atoms with van der Waals surface area (Å²) in [4.78, 5) is 5.80. The largest absolute Gasteiger partial charge is 0.308 e. The average molecular weight is 260 g/mol. The zero-order valence-electron chi connectivity index (χ0n) is 11.2. The van der Waals surface area contributed by atoms with Crippen LogP contribution in [0.3, 0.4) is 0 Å². The van der Waals surface area contributed by atoms with E-state index in [1.807, 2.05) is 29.7 Å². The molecule has 18 heavy (non-hydrogen) atoms. The van der Waals surface area contributed by atoms with E-state index >= 15 is 0 Å². The summed E-state index contributed by atoms with van der Waals surface area (Å²) in [6, 6.07) is 10.7. The molecule has 0 aliphatic rings. The van der Waals surface area contributed by atoms with Gasteiger partial charge in [-0.2, -0.15) is 0 Å². The Bertz CT molecular complexity index is 463. The molecule has 0 radical (unpaired) electrons. The summed E-state index contributed by atoms with van der Waals surface area (Å²) in [6.45, 7) is 7.66. The van der Waals surface area contributed by atoms with Crippen molar-refractivity contribution in [3.8, 4) is 0 Å². The van der Waals surface area contributed by atoms with E-state index in [-0.39, 0.29) is 11.5 Å². The van der Waals surface area contributed by atoms with E-state index in [4.69, 9.17) is 0 Å². The van der Waals surface area contributed by atoms with Crippen LogP contribution in [-0.4, -0.2) is 11.5 Å². The van der Waals surface area contributed by atoms with Crippen LogP contribution in [0.2, 0.25) is 0 Å². The number of aromatic nitrogens is 1. The predicted molar refractivity (Wildman–Crippen MR) is 78.0 cm³/mol. The highest BCUT2D eigenvalue weighted by atomic mass is 32.1. The van der Waals surface area contributed by atoms with Crippen LogP contribution in [0, 0.1) is 0 Å². The van der Waals surface area contributed by atoms with E-state index < -0.39 is 0 Å². The first-order valence-corrected chi connectivity index (χ1v) is 7.16. The Kier molecular flexibility index (Phi) is 4.15. The zero-order chi connectivity index (χ0) is 13.0. The second-order valence-corrected chi connectivity index (χ2v) is 6.17. The number of rotatable bonds is 5. The van der Waals surface area contributed by atoms with Crippen LogP contribution in [0.15, 0.2) is 41.9 Å². The van der Waals surface area contributed by atoms with Crippen molar-refractivity contribution in [2.75, 3.05) is 6.54 Å². The number of pyridine rings is 1. The minimum absolute atomic E-state index is 0.164. The van der Waals surface area contributed by atoms with Crippen molar-refractivity contribution < 1.29 is 0 Å². The summed E-state index contributed by atoms with van der Waals surface area (Å²) in [6.07, 6.45) is 1.85. The van der Waals surface area contributed by atoms with Crippen molar-refractivity contribution in [3.05, 3.63) is 52.5 Å². The molecule has 1 unspecified atom stereocenters. The predicted octanol–water partition coefficient (Wildman–Crippen LogP) is 3.77. The van der Waals surface area contributed by atoms with Gasteiger partial charge in [0.25, 0.3) is 0 Å². The van der Waals surface area contributed by atoms with E-state index in [0.29, 0.717) is 0 Å². The lowest BCUT2D eigenvalue weighted by atomic mass is 9.91. The van der Waals surface area contributed by atoms with Crippen molar-refractivity contribution in [1.82, 2.24) is 10.3 Å². The van der Waals surface area contributed by atoms with E-state index in [2.05, 4.69) is 54.7 Å². The summed E-state index contributed by atoms with van der Waals surface area (Å²) in [5.41, 5.74) is 1.26. The van der Waals surface area contributed by atoms with E-state index in [9.17, 15) is 0 Å². The Labute approximate surface area is 113 Å². The topological polar surface area (TPSA) is 24.9 Å². The highest BCUT2D eigenvalue weighted by Gasteiger charge is 2.22. The highest BCUT2D eigenvalue weighted by Crippen LogP contribution is 2.27. The SMILES string of the molecule is CC(NCC(C)(C)c1cccs1)c1ccccn1. The second-order valence-electron chi connectivity index (χ2n) is 5.22. The first-order chi connectivity index (χ1) is 8.59. The molecule has 1 atom stereocenters. The lowest BCUT2D eigenvalue weighted by molar-refractivity contribution is 0.437. The molecule has 0 bridgehead atoms. The van der Waals surface area contributed by atoms with Gasteiger partial charge in [0.1, 0.15) is 0 Å². The fourth-order valence-electron chi connectivity index (χ4n) is 1.90. The zero-order valence-corrected chi connectivity index (χ0v) is 12.0. The number of hydrogen-bond acceptors (Lipinski definition) is 3. The summed E-state index contributed by atoms with van der Waals surface area (Å²) in [5.74, 6) is 0. The van der Waals surface area contributed by atoms with Crippen molar-refractivity contribution in [1.29, 1.82) is 0 Å². The van der Waals surface area contributed by atoms with Crippen LogP contribution in [-0.2, 0) is 5.41 Å². The van der Waals surface area contributed by atoms with E-state index in [1.54, 1.807) is 0 Å². The first-order valence-electron chi connectivity index (χ1n) is 6.28. The molecule has 1 N–H and O–H groups in total. The molecule has 2 aromatic rings. The van der Waals surface area contributed by atoms with Gasteiger partial charge in [0, 0.05) is 29.1 Å². The number of hydrogen-bond donors (Lipinski definition) is 1. The fourth-order valence-corrected chi connectivity index (χ4v) is 2.75. The first kappa shape index (κ1) is 13.2. The number of thiophene rings is 1. The van der Waals surface area contributed by atoms with Gasteiger partial charge in [0.15, 0.2) is 0 Å². The van der Waals surface area contributed by atoms with Gasteiger partial charge in [0.05, 0.1) is 5.69 Å². The molecule has 0 aliphatic heterocycles. The Morgan fingerprint density at radius 3 is 2.72 bits per heavy atom. The van der Waals surface area contributed by atoms with Crippen molar-refractivity contribution in [3.63, 3.8) is 0 Å². The molecule has 0 saturated carbocycles. The maximum atomic E-state index is 4.38. The molecular weight excluding hydrogens is 240 g/mol. The van der Waals surface area contributed by atoms with Gasteiger partial charge in [-0.3, -0.25) is 4.98 Å². The Hall–Kier alpha value is -1.19. The number of nitrogens with one attached hydrogen (secondary N) is 1. The molecule has 96 valence electrons. The fraction of sp³-hybridized carbons (Fsp3) is 0.400. The Morgan fingerprint density at radius 2 is 2.11 bits per heavy atom. The third-order valence-electron chi connectivity index (χ3n) is 3.17. The van der Waals surface area contributed by atoms with Gasteiger partial charge < -0.3 is 5.32 Å². The van der Waals surface area contributed by atoms with E-state index in [0.717, 1.165) is 12.2 Å².